The van der Waals surface area contributed by atoms with Gasteiger partial charge in [0.15, 0.2) is 0 Å². The molecule has 25 heavy (non-hydrogen) atoms. The van der Waals surface area contributed by atoms with Crippen LogP contribution in [0.4, 0.5) is 11.7 Å². The number of nitrogens with zero attached hydrogens (tertiary/aromatic N) is 2. The van der Waals surface area contributed by atoms with E-state index in [0.717, 1.165) is 29.3 Å². The van der Waals surface area contributed by atoms with Crippen LogP contribution in [0, 0.1) is 17.8 Å². The predicted octanol–water partition coefficient (Wildman–Crippen LogP) is 3.98. The zero-order chi connectivity index (χ0) is 17.0. The van der Waals surface area contributed by atoms with Gasteiger partial charge in [-0.15, -0.1) is 5.10 Å². The quantitative estimate of drug-likeness (QED) is 0.876. The minimum atomic E-state index is -0.937. The van der Waals surface area contributed by atoms with Crippen molar-refractivity contribution in [3.05, 3.63) is 35.7 Å². The van der Waals surface area contributed by atoms with Crippen LogP contribution in [-0.4, -0.2) is 21.3 Å². The van der Waals surface area contributed by atoms with Crippen LogP contribution in [0.2, 0.25) is 0 Å². The zero-order valence-corrected chi connectivity index (χ0v) is 13.9. The van der Waals surface area contributed by atoms with Gasteiger partial charge in [-0.25, -0.2) is 4.79 Å². The summed E-state index contributed by atoms with van der Waals surface area (Å²) >= 11 is 0. The summed E-state index contributed by atoms with van der Waals surface area (Å²) in [5, 5.41) is 20.6. The molecule has 0 atom stereocenters. The Morgan fingerprint density at radius 1 is 1.04 bits per heavy atom. The van der Waals surface area contributed by atoms with Crippen LogP contribution in [-0.2, 0) is 5.41 Å². The normalized spacial score (nSPS) is 32.7. The maximum atomic E-state index is 10.9. The number of hydrogen-bond donors (Lipinski definition) is 2. The molecule has 1 aromatic carbocycles. The highest BCUT2D eigenvalue weighted by atomic mass is 16.4. The molecule has 1 heterocycles. The minimum absolute atomic E-state index is 0.0921. The van der Waals surface area contributed by atoms with E-state index in [1.807, 2.05) is 0 Å². The van der Waals surface area contributed by atoms with Crippen LogP contribution in [0.1, 0.15) is 54.8 Å². The fraction of sp³-hybridized carbons (Fsp3) is 0.526. The Balaban J connectivity index is 1.36. The van der Waals surface area contributed by atoms with Crippen LogP contribution in [0.25, 0.3) is 0 Å². The van der Waals surface area contributed by atoms with Crippen molar-refractivity contribution in [2.45, 2.75) is 43.9 Å². The fourth-order valence-corrected chi connectivity index (χ4v) is 5.68. The summed E-state index contributed by atoms with van der Waals surface area (Å²) in [6.07, 6.45) is 7.72. The van der Waals surface area contributed by atoms with Gasteiger partial charge in [0.1, 0.15) is 0 Å². The minimum Gasteiger partial charge on any atom is -0.478 e. The van der Waals surface area contributed by atoms with E-state index in [1.165, 1.54) is 38.5 Å². The Bertz CT molecular complexity index is 776. The van der Waals surface area contributed by atoms with E-state index in [-0.39, 0.29) is 11.0 Å². The van der Waals surface area contributed by atoms with Crippen molar-refractivity contribution in [2.24, 2.45) is 17.8 Å². The van der Waals surface area contributed by atoms with E-state index in [2.05, 4.69) is 15.5 Å². The molecule has 6 nitrogen and oxygen atoms in total. The average molecular weight is 339 g/mol. The zero-order valence-electron chi connectivity index (χ0n) is 13.9. The van der Waals surface area contributed by atoms with Crippen molar-refractivity contribution in [3.63, 3.8) is 0 Å². The average Bonchev–Trinajstić information content (AvgIpc) is 3.03. The number of aromatic carboxylic acids is 1. The number of hydrogen-bond acceptors (Lipinski definition) is 5. The smallest absolute Gasteiger partial charge is 0.335 e. The van der Waals surface area contributed by atoms with Gasteiger partial charge in [-0.05, 0) is 80.5 Å². The number of nitrogens with one attached hydrogen (secondary N) is 1. The van der Waals surface area contributed by atoms with Crippen LogP contribution in [0.3, 0.4) is 0 Å². The van der Waals surface area contributed by atoms with E-state index < -0.39 is 5.97 Å². The molecule has 0 spiro atoms. The summed E-state index contributed by atoms with van der Waals surface area (Å²) < 4.78 is 6.00. The van der Waals surface area contributed by atoms with Crippen LogP contribution < -0.4 is 5.32 Å². The fourth-order valence-electron chi connectivity index (χ4n) is 5.68. The summed E-state index contributed by atoms with van der Waals surface area (Å²) in [6.45, 7) is 0. The van der Waals surface area contributed by atoms with Gasteiger partial charge >= 0.3 is 12.0 Å². The third kappa shape index (κ3) is 2.51. The monoisotopic (exact) mass is 339 g/mol. The van der Waals surface area contributed by atoms with Crippen LogP contribution >= 0.6 is 0 Å². The Kier molecular flexibility index (Phi) is 3.17. The number of benzene rings is 1. The third-order valence-corrected chi connectivity index (χ3v) is 6.30. The lowest BCUT2D eigenvalue weighted by atomic mass is 9.49. The maximum Gasteiger partial charge on any atom is 0.335 e. The van der Waals surface area contributed by atoms with Gasteiger partial charge in [0, 0.05) is 11.1 Å². The lowest BCUT2D eigenvalue weighted by Crippen LogP contribution is -2.48. The maximum absolute atomic E-state index is 10.9. The Labute approximate surface area is 145 Å². The lowest BCUT2D eigenvalue weighted by Gasteiger charge is -2.55. The highest BCUT2D eigenvalue weighted by molar-refractivity contribution is 5.88. The van der Waals surface area contributed by atoms with Gasteiger partial charge in [-0.3, -0.25) is 0 Å². The number of carboxylic acids is 1. The molecule has 4 aliphatic carbocycles. The number of aromatic nitrogens is 2. The highest BCUT2D eigenvalue weighted by Gasteiger charge is 2.54. The molecule has 0 amide bonds. The molecular formula is C19H21N3O3. The molecule has 0 radical (unpaired) electrons. The number of carboxylic acid groups (broad SMARTS) is 1. The molecule has 0 aliphatic heterocycles. The molecule has 2 aromatic rings. The van der Waals surface area contributed by atoms with Gasteiger partial charge in [-0.1, -0.05) is 5.10 Å². The number of carbonyl (C=O) groups is 1. The number of anilines is 2. The molecule has 0 saturated heterocycles. The van der Waals surface area contributed by atoms with Gasteiger partial charge in [0.05, 0.1) is 5.56 Å². The van der Waals surface area contributed by atoms with E-state index in [9.17, 15) is 4.79 Å². The summed E-state index contributed by atoms with van der Waals surface area (Å²) in [7, 11) is 0. The molecule has 4 saturated carbocycles. The first-order valence-corrected chi connectivity index (χ1v) is 9.04. The Morgan fingerprint density at radius 2 is 1.64 bits per heavy atom. The Morgan fingerprint density at radius 3 is 2.20 bits per heavy atom. The first-order valence-electron chi connectivity index (χ1n) is 9.04. The summed E-state index contributed by atoms with van der Waals surface area (Å²) in [6, 6.07) is 6.91. The van der Waals surface area contributed by atoms with Crippen molar-refractivity contribution < 1.29 is 14.3 Å². The second-order valence-corrected chi connectivity index (χ2v) is 8.12. The molecule has 130 valence electrons. The molecule has 2 N–H and O–H groups in total. The molecule has 1 aromatic heterocycles. The van der Waals surface area contributed by atoms with Gasteiger partial charge in [0.25, 0.3) is 0 Å². The summed E-state index contributed by atoms with van der Waals surface area (Å²) in [5.74, 6) is 2.35. The van der Waals surface area contributed by atoms with Gasteiger partial charge in [-0.2, -0.15) is 0 Å². The molecule has 6 rings (SSSR count). The molecule has 4 bridgehead atoms. The van der Waals surface area contributed by atoms with Crippen molar-refractivity contribution in [1.82, 2.24) is 10.2 Å². The van der Waals surface area contributed by atoms with Gasteiger partial charge in [0.2, 0.25) is 5.89 Å². The molecule has 0 unspecified atom stereocenters. The second-order valence-electron chi connectivity index (χ2n) is 8.12. The van der Waals surface area contributed by atoms with E-state index >= 15 is 0 Å². The lowest BCUT2D eigenvalue weighted by molar-refractivity contribution is -0.0175. The van der Waals surface area contributed by atoms with Crippen LogP contribution in [0.15, 0.2) is 28.7 Å². The van der Waals surface area contributed by atoms with Crippen molar-refractivity contribution >= 4 is 17.7 Å². The van der Waals surface area contributed by atoms with Gasteiger partial charge < -0.3 is 14.8 Å². The summed E-state index contributed by atoms with van der Waals surface area (Å²) in [4.78, 5) is 10.9. The Hall–Kier alpha value is -2.37. The first kappa shape index (κ1) is 14.9. The molecular weight excluding hydrogens is 318 g/mol. The second kappa shape index (κ2) is 5.31. The van der Waals surface area contributed by atoms with Crippen molar-refractivity contribution in [2.75, 3.05) is 5.32 Å². The van der Waals surface area contributed by atoms with Crippen molar-refractivity contribution in [3.8, 4) is 0 Å². The van der Waals surface area contributed by atoms with E-state index in [0.29, 0.717) is 6.01 Å². The highest BCUT2D eigenvalue weighted by Crippen LogP contribution is 2.60. The number of rotatable bonds is 4. The SMILES string of the molecule is O=C(O)c1ccc(Nc2nnc(C34CC5CC(CC(C5)C3)C4)o2)cc1. The van der Waals surface area contributed by atoms with Crippen molar-refractivity contribution in [1.29, 1.82) is 0 Å². The topological polar surface area (TPSA) is 88.2 Å². The van der Waals surface area contributed by atoms with E-state index in [1.54, 1.807) is 24.3 Å². The largest absolute Gasteiger partial charge is 0.478 e. The molecule has 4 fully saturated rings. The first-order chi connectivity index (χ1) is 12.1. The molecule has 6 heteroatoms. The molecule has 4 aliphatic rings. The standard InChI is InChI=1S/C19H21N3O3/c23-16(24)14-1-3-15(4-2-14)20-18-22-21-17(25-18)19-8-11-5-12(9-19)7-13(6-11)10-19/h1-4,11-13H,5-10H2,(H,20,22)(H,23,24). The van der Waals surface area contributed by atoms with Crippen LogP contribution in [0.5, 0.6) is 0 Å². The predicted molar refractivity (Wildman–Crippen MR) is 90.8 cm³/mol. The third-order valence-electron chi connectivity index (χ3n) is 6.30. The summed E-state index contributed by atoms with van der Waals surface area (Å²) in [5.41, 5.74) is 1.09. The van der Waals surface area contributed by atoms with E-state index in [4.69, 9.17) is 9.52 Å².